The standard InChI is InChI=1S/C20H40N2/c1-3-5-7-15-13-17(21)9-11-19(15)20-12-10-18(22)14-16(20)8-6-4-2/h15-20H,3-14,21-22H2,1-2H3. The molecule has 0 heterocycles. The lowest BCUT2D eigenvalue weighted by Gasteiger charge is -2.46. The van der Waals surface area contributed by atoms with E-state index in [4.69, 9.17) is 11.5 Å². The third-order valence-corrected chi connectivity index (χ3v) is 6.57. The van der Waals surface area contributed by atoms with Gasteiger partial charge >= 0.3 is 0 Å². The van der Waals surface area contributed by atoms with Crippen molar-refractivity contribution >= 4 is 0 Å². The quantitative estimate of drug-likeness (QED) is 0.706. The Morgan fingerprint density at radius 2 is 1.09 bits per heavy atom. The molecule has 0 saturated heterocycles. The van der Waals surface area contributed by atoms with Crippen LogP contribution in [0.4, 0.5) is 0 Å². The topological polar surface area (TPSA) is 52.0 Å². The molecule has 6 unspecified atom stereocenters. The lowest BCUT2D eigenvalue weighted by atomic mass is 9.61. The second kappa shape index (κ2) is 9.27. The van der Waals surface area contributed by atoms with Gasteiger partial charge in [-0.1, -0.05) is 52.4 Å². The summed E-state index contributed by atoms with van der Waals surface area (Å²) in [5, 5.41) is 0. The molecule has 4 N–H and O–H groups in total. The molecule has 2 aliphatic carbocycles. The van der Waals surface area contributed by atoms with Crippen molar-refractivity contribution in [3.8, 4) is 0 Å². The summed E-state index contributed by atoms with van der Waals surface area (Å²) < 4.78 is 0. The van der Waals surface area contributed by atoms with Gasteiger partial charge in [-0.3, -0.25) is 0 Å². The Morgan fingerprint density at radius 1 is 0.682 bits per heavy atom. The molecule has 0 aliphatic heterocycles. The summed E-state index contributed by atoms with van der Waals surface area (Å²) in [4.78, 5) is 0. The monoisotopic (exact) mass is 308 g/mol. The Kier molecular flexibility index (Phi) is 7.70. The molecular formula is C20H40N2. The Labute approximate surface area is 138 Å². The van der Waals surface area contributed by atoms with E-state index in [1.165, 1.54) is 77.0 Å². The molecule has 2 rings (SSSR count). The second-order valence-corrected chi connectivity index (χ2v) is 8.28. The molecule has 0 radical (unpaired) electrons. The molecule has 2 saturated carbocycles. The Morgan fingerprint density at radius 3 is 1.45 bits per heavy atom. The van der Waals surface area contributed by atoms with Crippen molar-refractivity contribution < 1.29 is 0 Å². The van der Waals surface area contributed by atoms with Crippen molar-refractivity contribution in [2.45, 2.75) is 103 Å². The third-order valence-electron chi connectivity index (χ3n) is 6.57. The van der Waals surface area contributed by atoms with Gasteiger partial charge in [0.2, 0.25) is 0 Å². The van der Waals surface area contributed by atoms with Gasteiger partial charge in [-0.2, -0.15) is 0 Å². The number of hydrogen-bond donors (Lipinski definition) is 2. The highest BCUT2D eigenvalue weighted by Gasteiger charge is 2.39. The average Bonchev–Trinajstić information content (AvgIpc) is 2.51. The maximum atomic E-state index is 6.31. The molecule has 0 bridgehead atoms. The molecule has 0 aromatic rings. The van der Waals surface area contributed by atoms with E-state index in [0.717, 1.165) is 23.7 Å². The molecule has 0 aromatic carbocycles. The highest BCUT2D eigenvalue weighted by Crippen LogP contribution is 2.46. The fourth-order valence-corrected chi connectivity index (χ4v) is 5.37. The van der Waals surface area contributed by atoms with Crippen LogP contribution in [0.1, 0.15) is 90.9 Å². The van der Waals surface area contributed by atoms with Crippen LogP contribution >= 0.6 is 0 Å². The smallest absolute Gasteiger partial charge is 0.00416 e. The van der Waals surface area contributed by atoms with Crippen molar-refractivity contribution in [2.75, 3.05) is 0 Å². The minimum absolute atomic E-state index is 0.470. The highest BCUT2D eigenvalue weighted by atomic mass is 14.7. The summed E-state index contributed by atoms with van der Waals surface area (Å²) >= 11 is 0. The first-order valence-electron chi connectivity index (χ1n) is 10.2. The SMILES string of the molecule is CCCCC1CC(N)CCC1C1CCC(N)CC1CCCC. The van der Waals surface area contributed by atoms with Gasteiger partial charge in [0.25, 0.3) is 0 Å². The Bertz CT molecular complexity index is 274. The van der Waals surface area contributed by atoms with Crippen LogP contribution in [0.5, 0.6) is 0 Å². The van der Waals surface area contributed by atoms with Crippen molar-refractivity contribution in [1.29, 1.82) is 0 Å². The summed E-state index contributed by atoms with van der Waals surface area (Å²) in [7, 11) is 0. The molecule has 2 heteroatoms. The number of hydrogen-bond acceptors (Lipinski definition) is 2. The molecule has 2 aliphatic rings. The minimum atomic E-state index is 0.470. The fourth-order valence-electron chi connectivity index (χ4n) is 5.37. The third kappa shape index (κ3) is 4.96. The molecular weight excluding hydrogens is 268 g/mol. The lowest BCUT2D eigenvalue weighted by Crippen LogP contribution is -2.42. The summed E-state index contributed by atoms with van der Waals surface area (Å²) in [5.74, 6) is 3.68. The molecule has 0 aromatic heterocycles. The fraction of sp³-hybridized carbons (Fsp3) is 1.00. The molecule has 6 atom stereocenters. The maximum Gasteiger partial charge on any atom is 0.00416 e. The van der Waals surface area contributed by atoms with Gasteiger partial charge in [0.15, 0.2) is 0 Å². The first-order valence-corrected chi connectivity index (χ1v) is 10.2. The van der Waals surface area contributed by atoms with Gasteiger partial charge in [-0.15, -0.1) is 0 Å². The van der Waals surface area contributed by atoms with Crippen LogP contribution in [0.25, 0.3) is 0 Å². The van der Waals surface area contributed by atoms with E-state index < -0.39 is 0 Å². The summed E-state index contributed by atoms with van der Waals surface area (Å²) in [6.07, 6.45) is 16.1. The largest absolute Gasteiger partial charge is 0.328 e. The normalized spacial score (nSPS) is 39.8. The van der Waals surface area contributed by atoms with Gasteiger partial charge in [-0.05, 0) is 62.2 Å². The van der Waals surface area contributed by atoms with Crippen LogP contribution < -0.4 is 11.5 Å². The van der Waals surface area contributed by atoms with Crippen molar-refractivity contribution in [1.82, 2.24) is 0 Å². The van der Waals surface area contributed by atoms with E-state index in [1.54, 1.807) is 0 Å². The second-order valence-electron chi connectivity index (χ2n) is 8.28. The van der Waals surface area contributed by atoms with Crippen molar-refractivity contribution in [3.63, 3.8) is 0 Å². The van der Waals surface area contributed by atoms with Crippen LogP contribution in [0.15, 0.2) is 0 Å². The summed E-state index contributed by atoms with van der Waals surface area (Å²) in [6, 6.07) is 0.941. The number of nitrogens with two attached hydrogens (primary N) is 2. The highest BCUT2D eigenvalue weighted by molar-refractivity contribution is 4.92. The zero-order valence-electron chi connectivity index (χ0n) is 15.1. The van der Waals surface area contributed by atoms with E-state index in [-0.39, 0.29) is 0 Å². The van der Waals surface area contributed by atoms with E-state index in [1.807, 2.05) is 0 Å². The first kappa shape index (κ1) is 18.3. The number of unbranched alkanes of at least 4 members (excludes halogenated alkanes) is 2. The molecule has 0 amide bonds. The Hall–Kier alpha value is -0.0800. The lowest BCUT2D eigenvalue weighted by molar-refractivity contribution is 0.0593. The molecule has 2 nitrogen and oxygen atoms in total. The van der Waals surface area contributed by atoms with Gasteiger partial charge in [0.05, 0.1) is 0 Å². The van der Waals surface area contributed by atoms with Gasteiger partial charge in [0, 0.05) is 12.1 Å². The Balaban J connectivity index is 2.02. The van der Waals surface area contributed by atoms with Crippen LogP contribution in [-0.2, 0) is 0 Å². The maximum absolute atomic E-state index is 6.31. The molecule has 2 fully saturated rings. The van der Waals surface area contributed by atoms with E-state index >= 15 is 0 Å². The van der Waals surface area contributed by atoms with Crippen LogP contribution in [-0.4, -0.2) is 12.1 Å². The van der Waals surface area contributed by atoms with Gasteiger partial charge in [0.1, 0.15) is 0 Å². The summed E-state index contributed by atoms with van der Waals surface area (Å²) in [5.41, 5.74) is 12.6. The minimum Gasteiger partial charge on any atom is -0.328 e. The average molecular weight is 309 g/mol. The van der Waals surface area contributed by atoms with Crippen molar-refractivity contribution in [3.05, 3.63) is 0 Å². The van der Waals surface area contributed by atoms with Crippen LogP contribution in [0, 0.1) is 23.7 Å². The molecule has 0 spiro atoms. The molecule has 130 valence electrons. The predicted molar refractivity (Wildman–Crippen MR) is 96.7 cm³/mol. The first-order chi connectivity index (χ1) is 10.7. The zero-order valence-corrected chi connectivity index (χ0v) is 15.1. The van der Waals surface area contributed by atoms with Gasteiger partial charge in [-0.25, -0.2) is 0 Å². The number of rotatable bonds is 7. The zero-order chi connectivity index (χ0) is 15.9. The van der Waals surface area contributed by atoms with Crippen LogP contribution in [0.3, 0.4) is 0 Å². The van der Waals surface area contributed by atoms with Crippen molar-refractivity contribution in [2.24, 2.45) is 35.1 Å². The van der Waals surface area contributed by atoms with E-state index in [9.17, 15) is 0 Å². The predicted octanol–water partition coefficient (Wildman–Crippen LogP) is 4.85. The van der Waals surface area contributed by atoms with E-state index in [0.29, 0.717) is 12.1 Å². The van der Waals surface area contributed by atoms with E-state index in [2.05, 4.69) is 13.8 Å². The summed E-state index contributed by atoms with van der Waals surface area (Å²) in [6.45, 7) is 4.64. The van der Waals surface area contributed by atoms with Crippen LogP contribution in [0.2, 0.25) is 0 Å². The molecule has 22 heavy (non-hydrogen) atoms. The van der Waals surface area contributed by atoms with Gasteiger partial charge < -0.3 is 11.5 Å².